The van der Waals surface area contributed by atoms with Crippen LogP contribution in [0.15, 0.2) is 45.3 Å². The summed E-state index contributed by atoms with van der Waals surface area (Å²) >= 11 is 3.34. The van der Waals surface area contributed by atoms with Crippen LogP contribution in [0.25, 0.3) is 11.0 Å². The Hall–Kier alpha value is -2.74. The number of anilines is 1. The summed E-state index contributed by atoms with van der Waals surface area (Å²) in [4.78, 5) is 24.0. The first-order valence-corrected chi connectivity index (χ1v) is 8.25. The molecule has 8 heteroatoms. The van der Waals surface area contributed by atoms with Gasteiger partial charge in [0.2, 0.25) is 5.76 Å². The zero-order valence-electron chi connectivity index (χ0n) is 13.4. The number of amides is 1. The summed E-state index contributed by atoms with van der Waals surface area (Å²) in [5.41, 5.74) is 1.16. The molecular weight excluding hydrogens is 412 g/mol. The smallest absolute Gasteiger partial charge is 0.375 e. The van der Waals surface area contributed by atoms with Crippen molar-refractivity contribution in [1.29, 1.82) is 0 Å². The summed E-state index contributed by atoms with van der Waals surface area (Å²) in [6, 6.07) is 8.19. The van der Waals surface area contributed by atoms with Crippen LogP contribution >= 0.6 is 15.9 Å². The normalized spacial score (nSPS) is 10.8. The van der Waals surface area contributed by atoms with Crippen molar-refractivity contribution >= 4 is 44.5 Å². The second-order valence-electron chi connectivity index (χ2n) is 5.45. The molecule has 2 aromatic carbocycles. The standard InChI is InChI=1S/C18H12BrF2NO4/c1-9-12-6-10(19)2-5-15(12)26-17(9)18(24)25-8-16(23)22-11-3-4-13(20)14(21)7-11/h2-7H,8H2,1H3,(H,22,23). The number of fused-ring (bicyclic) bond motifs is 1. The Labute approximate surface area is 155 Å². The molecule has 0 saturated carbocycles. The Bertz CT molecular complexity index is 1020. The lowest BCUT2D eigenvalue weighted by Gasteiger charge is -2.06. The summed E-state index contributed by atoms with van der Waals surface area (Å²) < 4.78 is 37.2. The minimum absolute atomic E-state index is 0.00118. The van der Waals surface area contributed by atoms with Gasteiger partial charge >= 0.3 is 5.97 Å². The van der Waals surface area contributed by atoms with E-state index in [0.29, 0.717) is 11.1 Å². The average Bonchev–Trinajstić information content (AvgIpc) is 2.92. The van der Waals surface area contributed by atoms with E-state index in [2.05, 4.69) is 21.2 Å². The number of carbonyl (C=O) groups is 2. The molecule has 0 saturated heterocycles. The highest BCUT2D eigenvalue weighted by Crippen LogP contribution is 2.28. The predicted molar refractivity (Wildman–Crippen MR) is 93.9 cm³/mol. The second-order valence-corrected chi connectivity index (χ2v) is 6.37. The number of esters is 1. The summed E-state index contributed by atoms with van der Waals surface area (Å²) in [5, 5.41) is 3.05. The van der Waals surface area contributed by atoms with Crippen LogP contribution in [0.5, 0.6) is 0 Å². The van der Waals surface area contributed by atoms with Crippen molar-refractivity contribution in [3.63, 3.8) is 0 Å². The van der Waals surface area contributed by atoms with Gasteiger partial charge in [0, 0.05) is 27.2 Å². The molecule has 1 aromatic heterocycles. The maximum atomic E-state index is 13.1. The van der Waals surface area contributed by atoms with E-state index in [1.54, 1.807) is 25.1 Å². The number of carbonyl (C=O) groups excluding carboxylic acids is 2. The molecule has 1 amide bonds. The molecule has 0 unspecified atom stereocenters. The third kappa shape index (κ3) is 3.75. The molecule has 0 radical (unpaired) electrons. The molecule has 5 nitrogen and oxygen atoms in total. The molecule has 1 heterocycles. The van der Waals surface area contributed by atoms with E-state index in [0.717, 1.165) is 22.0 Å². The van der Waals surface area contributed by atoms with Gasteiger partial charge in [-0.1, -0.05) is 15.9 Å². The van der Waals surface area contributed by atoms with Crippen LogP contribution in [-0.2, 0) is 9.53 Å². The van der Waals surface area contributed by atoms with E-state index < -0.39 is 30.1 Å². The highest BCUT2D eigenvalue weighted by molar-refractivity contribution is 9.10. The molecule has 3 rings (SSSR count). The van der Waals surface area contributed by atoms with Crippen LogP contribution < -0.4 is 5.32 Å². The summed E-state index contributed by atoms with van der Waals surface area (Å²) in [7, 11) is 0. The molecule has 26 heavy (non-hydrogen) atoms. The largest absolute Gasteiger partial charge is 0.450 e. The first-order valence-electron chi connectivity index (χ1n) is 7.46. The second kappa shape index (κ2) is 7.25. The maximum absolute atomic E-state index is 13.1. The molecule has 3 aromatic rings. The van der Waals surface area contributed by atoms with Gasteiger partial charge in [-0.25, -0.2) is 13.6 Å². The molecule has 0 aliphatic carbocycles. The number of nitrogens with one attached hydrogen (secondary N) is 1. The van der Waals surface area contributed by atoms with Gasteiger partial charge < -0.3 is 14.5 Å². The first kappa shape index (κ1) is 18.1. The van der Waals surface area contributed by atoms with E-state index in [1.165, 1.54) is 6.07 Å². The van der Waals surface area contributed by atoms with E-state index in [4.69, 9.17) is 9.15 Å². The topological polar surface area (TPSA) is 68.5 Å². The molecule has 1 N–H and O–H groups in total. The van der Waals surface area contributed by atoms with Gasteiger partial charge in [0.1, 0.15) is 5.58 Å². The molecule has 0 spiro atoms. The van der Waals surface area contributed by atoms with Gasteiger partial charge in [-0.2, -0.15) is 0 Å². The van der Waals surface area contributed by atoms with Crippen molar-refractivity contribution in [3.8, 4) is 0 Å². The number of ether oxygens (including phenoxy) is 1. The van der Waals surface area contributed by atoms with Gasteiger partial charge in [-0.3, -0.25) is 4.79 Å². The van der Waals surface area contributed by atoms with Crippen molar-refractivity contribution < 1.29 is 27.5 Å². The predicted octanol–water partition coefficient (Wildman–Crippen LogP) is 4.58. The highest BCUT2D eigenvalue weighted by atomic mass is 79.9. The van der Waals surface area contributed by atoms with Crippen LogP contribution in [0.2, 0.25) is 0 Å². The molecule has 0 aliphatic rings. The molecular formula is C18H12BrF2NO4. The zero-order valence-corrected chi connectivity index (χ0v) is 15.0. The lowest BCUT2D eigenvalue weighted by Crippen LogP contribution is -2.21. The van der Waals surface area contributed by atoms with Gasteiger partial charge in [-0.05, 0) is 37.3 Å². The molecule has 0 fully saturated rings. The number of furan rings is 1. The number of halogens is 3. The molecule has 0 atom stereocenters. The van der Waals surface area contributed by atoms with E-state index in [1.807, 2.05) is 0 Å². The minimum atomic E-state index is -1.09. The van der Waals surface area contributed by atoms with Crippen LogP contribution in [-0.4, -0.2) is 18.5 Å². The Morgan fingerprint density at radius 2 is 1.92 bits per heavy atom. The van der Waals surface area contributed by atoms with Crippen molar-refractivity contribution in [2.75, 3.05) is 11.9 Å². The fourth-order valence-corrected chi connectivity index (χ4v) is 2.72. The SMILES string of the molecule is Cc1c(C(=O)OCC(=O)Nc2ccc(F)c(F)c2)oc2ccc(Br)cc12. The van der Waals surface area contributed by atoms with Crippen LogP contribution in [0, 0.1) is 18.6 Å². The minimum Gasteiger partial charge on any atom is -0.450 e. The van der Waals surface area contributed by atoms with E-state index >= 15 is 0 Å². The maximum Gasteiger partial charge on any atom is 0.375 e. The van der Waals surface area contributed by atoms with Gasteiger partial charge in [0.05, 0.1) is 0 Å². The fraction of sp³-hybridized carbons (Fsp3) is 0.111. The van der Waals surface area contributed by atoms with Crippen molar-refractivity contribution in [1.82, 2.24) is 0 Å². The fourth-order valence-electron chi connectivity index (χ4n) is 2.36. The van der Waals surface area contributed by atoms with Crippen molar-refractivity contribution in [2.45, 2.75) is 6.92 Å². The molecule has 134 valence electrons. The first-order chi connectivity index (χ1) is 12.3. The quantitative estimate of drug-likeness (QED) is 0.623. The van der Waals surface area contributed by atoms with Crippen LogP contribution in [0.3, 0.4) is 0 Å². The van der Waals surface area contributed by atoms with Gasteiger partial charge in [0.15, 0.2) is 18.2 Å². The number of hydrogen-bond acceptors (Lipinski definition) is 4. The summed E-state index contributed by atoms with van der Waals surface area (Å²) in [6.07, 6.45) is 0. The number of aryl methyl sites for hydroxylation is 1. The third-order valence-electron chi connectivity index (χ3n) is 3.62. The monoisotopic (exact) mass is 423 g/mol. The lowest BCUT2D eigenvalue weighted by atomic mass is 10.1. The number of hydrogen-bond donors (Lipinski definition) is 1. The Balaban J connectivity index is 1.66. The summed E-state index contributed by atoms with van der Waals surface area (Å²) in [6.45, 7) is 1.11. The van der Waals surface area contributed by atoms with Crippen LogP contribution in [0.1, 0.15) is 16.1 Å². The Morgan fingerprint density at radius 3 is 2.65 bits per heavy atom. The van der Waals surface area contributed by atoms with E-state index in [-0.39, 0.29) is 11.4 Å². The molecule has 0 bridgehead atoms. The summed E-state index contributed by atoms with van der Waals surface area (Å²) in [5.74, 6) is -3.61. The number of rotatable bonds is 4. The highest BCUT2D eigenvalue weighted by Gasteiger charge is 2.20. The van der Waals surface area contributed by atoms with Crippen LogP contribution in [0.4, 0.5) is 14.5 Å². The average molecular weight is 424 g/mol. The lowest BCUT2D eigenvalue weighted by molar-refractivity contribution is -0.119. The molecule has 0 aliphatic heterocycles. The van der Waals surface area contributed by atoms with Gasteiger partial charge in [0.25, 0.3) is 5.91 Å². The van der Waals surface area contributed by atoms with E-state index in [9.17, 15) is 18.4 Å². The van der Waals surface area contributed by atoms with Gasteiger partial charge in [-0.15, -0.1) is 0 Å². The zero-order chi connectivity index (χ0) is 18.8. The Morgan fingerprint density at radius 1 is 1.15 bits per heavy atom. The van der Waals surface area contributed by atoms with Crippen molar-refractivity contribution in [3.05, 3.63) is 63.8 Å². The number of benzene rings is 2. The third-order valence-corrected chi connectivity index (χ3v) is 4.11. The van der Waals surface area contributed by atoms with Crippen molar-refractivity contribution in [2.24, 2.45) is 0 Å². The Kier molecular flexibility index (Phi) is 5.03.